The molecule has 2 aliphatic carbocycles. The SMILES string of the molecule is CCCCCCCCCCCCCCC1(CCCCCCCCCCCCCC)c2cc3c(cc2-c2c1cc(B(O)O)c1nsnc21)C(CCCCCCCCCCCCCC)(CCCCCCCCCCCCCC)c1cc(B(O)O)c2nsnc2c1-3. The van der Waals surface area contributed by atoms with Gasteiger partial charge in [-0.15, -0.1) is 0 Å². The molecule has 490 valence electrons. The Morgan fingerprint density at radius 1 is 0.273 bits per heavy atom. The van der Waals surface area contributed by atoms with E-state index in [1.54, 1.807) is 0 Å². The molecular formula is C76H124B2N4O4S2. The van der Waals surface area contributed by atoms with Crippen LogP contribution in [0.4, 0.5) is 0 Å². The molecule has 2 aliphatic rings. The largest absolute Gasteiger partial charge is 0.490 e. The minimum absolute atomic E-state index is 0.366. The summed E-state index contributed by atoms with van der Waals surface area (Å²) < 4.78 is 19.9. The monoisotopic (exact) mass is 1240 g/mol. The summed E-state index contributed by atoms with van der Waals surface area (Å²) in [6, 6.07) is 9.53. The third-order valence-electron chi connectivity index (χ3n) is 21.3. The molecule has 0 fully saturated rings. The number of hydrogen-bond acceptors (Lipinski definition) is 10. The quantitative estimate of drug-likeness (QED) is 0.0224. The molecule has 0 amide bonds. The summed E-state index contributed by atoms with van der Waals surface area (Å²) in [5.41, 5.74) is 13.0. The Hall–Kier alpha value is -2.73. The highest BCUT2D eigenvalue weighted by Gasteiger charge is 2.50. The first-order valence-corrected chi connectivity index (χ1v) is 39.2. The molecule has 0 saturated heterocycles. The molecule has 0 spiro atoms. The second-order valence-corrected chi connectivity index (χ2v) is 29.2. The topological polar surface area (TPSA) is 132 Å². The van der Waals surface area contributed by atoms with Crippen molar-refractivity contribution in [3.05, 3.63) is 46.5 Å². The molecule has 0 radical (unpaired) electrons. The van der Waals surface area contributed by atoms with E-state index in [0.29, 0.717) is 22.0 Å². The van der Waals surface area contributed by atoms with Crippen LogP contribution in [0.2, 0.25) is 0 Å². The third kappa shape index (κ3) is 20.6. The predicted octanol–water partition coefficient (Wildman–Crippen LogP) is 22.0. The van der Waals surface area contributed by atoms with Gasteiger partial charge in [0.25, 0.3) is 0 Å². The Balaban J connectivity index is 1.25. The van der Waals surface area contributed by atoms with Crippen LogP contribution in [0.1, 0.15) is 384 Å². The molecule has 2 aromatic heterocycles. The number of fused-ring (bicyclic) bond motifs is 10. The average molecular weight is 1240 g/mol. The Labute approximate surface area is 546 Å². The molecule has 5 aromatic rings. The van der Waals surface area contributed by atoms with E-state index in [4.69, 9.17) is 17.5 Å². The summed E-state index contributed by atoms with van der Waals surface area (Å²) in [5, 5.41) is 45.0. The lowest BCUT2D eigenvalue weighted by molar-refractivity contribution is 0.393. The Kier molecular flexibility index (Phi) is 33.9. The van der Waals surface area contributed by atoms with Crippen LogP contribution in [-0.4, -0.2) is 51.8 Å². The highest BCUT2D eigenvalue weighted by molar-refractivity contribution is 7.00. The van der Waals surface area contributed by atoms with Crippen molar-refractivity contribution in [1.29, 1.82) is 0 Å². The molecule has 88 heavy (non-hydrogen) atoms. The smallest absolute Gasteiger partial charge is 0.423 e. The zero-order valence-corrected chi connectivity index (χ0v) is 58.3. The second-order valence-electron chi connectivity index (χ2n) is 28.1. The normalized spacial score (nSPS) is 13.7. The number of benzene rings is 3. The van der Waals surface area contributed by atoms with Gasteiger partial charge < -0.3 is 20.1 Å². The van der Waals surface area contributed by atoms with Crippen molar-refractivity contribution in [3.8, 4) is 22.3 Å². The van der Waals surface area contributed by atoms with E-state index in [2.05, 4.69) is 52.0 Å². The van der Waals surface area contributed by atoms with Crippen LogP contribution in [-0.2, 0) is 10.8 Å². The van der Waals surface area contributed by atoms with Gasteiger partial charge in [0.2, 0.25) is 0 Å². The van der Waals surface area contributed by atoms with Crippen LogP contribution in [0.15, 0.2) is 24.3 Å². The molecule has 0 saturated carbocycles. The standard InChI is InChI=1S/C76H124B2N4O4S2/c1-5-9-13-17-21-25-29-33-37-41-45-49-53-75(54-50-46-42-38-34-30-26-22-18-14-10-6-2)63-57-62-64(58-61(63)69-65(75)59-67(77(83)84)71-73(69)81-87-79-71)76(55-51-47-43-39-35-31-27-23-19-15-11-7-3,56-52-48-44-40-36-32-28-24-20-16-12-8-4)66-60-68(78(85)86)72-74(70(62)66)82-88-80-72/h57-60,83-86H,5-56H2,1-4H3. The lowest BCUT2D eigenvalue weighted by atomic mass is 9.67. The summed E-state index contributed by atoms with van der Waals surface area (Å²) in [6.07, 6.45) is 66.4. The predicted molar refractivity (Wildman–Crippen MR) is 383 cm³/mol. The first kappa shape index (κ1) is 72.7. The molecule has 0 unspecified atom stereocenters. The molecule has 0 atom stereocenters. The number of rotatable bonds is 54. The summed E-state index contributed by atoms with van der Waals surface area (Å²) in [6.45, 7) is 9.20. The van der Waals surface area contributed by atoms with Gasteiger partial charge in [-0.3, -0.25) is 0 Å². The first-order chi connectivity index (χ1) is 43.3. The molecule has 7 rings (SSSR count). The summed E-state index contributed by atoms with van der Waals surface area (Å²) in [5.74, 6) is 0. The third-order valence-corrected chi connectivity index (χ3v) is 22.3. The molecule has 0 bridgehead atoms. The van der Waals surface area contributed by atoms with Gasteiger partial charge in [0.05, 0.1) is 23.5 Å². The van der Waals surface area contributed by atoms with E-state index < -0.39 is 14.2 Å². The summed E-state index contributed by atoms with van der Waals surface area (Å²) >= 11 is 2.38. The van der Waals surface area contributed by atoms with E-state index in [1.165, 1.54) is 339 Å². The van der Waals surface area contributed by atoms with Gasteiger partial charge >= 0.3 is 14.2 Å². The molecular weight excluding hydrogens is 1120 g/mol. The van der Waals surface area contributed by atoms with E-state index >= 15 is 0 Å². The van der Waals surface area contributed by atoms with Gasteiger partial charge in [-0.25, -0.2) is 0 Å². The fraction of sp³-hybridized carbons (Fsp3) is 0.763. The van der Waals surface area contributed by atoms with Crippen LogP contribution in [0.3, 0.4) is 0 Å². The van der Waals surface area contributed by atoms with Gasteiger partial charge in [-0.1, -0.05) is 348 Å². The maximum absolute atomic E-state index is 11.3. The van der Waals surface area contributed by atoms with Gasteiger partial charge in [0.1, 0.15) is 22.1 Å². The number of nitrogens with zero attached hydrogens (tertiary/aromatic N) is 4. The minimum atomic E-state index is -1.66. The van der Waals surface area contributed by atoms with Crippen molar-refractivity contribution in [2.24, 2.45) is 0 Å². The summed E-state index contributed by atoms with van der Waals surface area (Å²) in [7, 11) is -3.32. The number of hydrogen-bond donors (Lipinski definition) is 4. The maximum Gasteiger partial charge on any atom is 0.490 e. The van der Waals surface area contributed by atoms with E-state index in [9.17, 15) is 20.1 Å². The maximum atomic E-state index is 11.3. The van der Waals surface area contributed by atoms with E-state index in [1.807, 2.05) is 0 Å². The average Bonchev–Trinajstić information content (AvgIpc) is 1.53. The Morgan fingerprint density at radius 3 is 0.693 bits per heavy atom. The highest BCUT2D eigenvalue weighted by atomic mass is 32.1. The van der Waals surface area contributed by atoms with Crippen LogP contribution in [0.25, 0.3) is 44.3 Å². The molecule has 3 aromatic carbocycles. The Morgan fingerprint density at radius 2 is 0.477 bits per heavy atom. The van der Waals surface area contributed by atoms with Crippen LogP contribution in [0.5, 0.6) is 0 Å². The van der Waals surface area contributed by atoms with Crippen LogP contribution < -0.4 is 10.9 Å². The molecule has 2 heterocycles. The Bertz CT molecular complexity index is 2470. The number of unbranched alkanes of at least 4 members (excludes halogenated alkanes) is 44. The van der Waals surface area contributed by atoms with Gasteiger partial charge in [-0.2, -0.15) is 17.5 Å². The lowest BCUT2D eigenvalue weighted by Gasteiger charge is -2.35. The zero-order valence-electron chi connectivity index (χ0n) is 56.6. The molecule has 8 nitrogen and oxygen atoms in total. The van der Waals surface area contributed by atoms with Gasteiger partial charge in [0.15, 0.2) is 0 Å². The van der Waals surface area contributed by atoms with Crippen molar-refractivity contribution >= 4 is 70.7 Å². The zero-order chi connectivity index (χ0) is 62.1. The summed E-state index contributed by atoms with van der Waals surface area (Å²) in [4.78, 5) is 0. The molecule has 0 aliphatic heterocycles. The second kappa shape index (κ2) is 41.1. The van der Waals surface area contributed by atoms with Crippen LogP contribution in [0, 0.1) is 0 Å². The number of aromatic nitrogens is 4. The highest BCUT2D eigenvalue weighted by Crippen LogP contribution is 2.62. The molecule has 12 heteroatoms. The lowest BCUT2D eigenvalue weighted by Crippen LogP contribution is -2.34. The van der Waals surface area contributed by atoms with Gasteiger partial charge in [0, 0.05) is 32.9 Å². The van der Waals surface area contributed by atoms with Crippen molar-refractivity contribution < 1.29 is 20.1 Å². The van der Waals surface area contributed by atoms with Crippen molar-refractivity contribution in [1.82, 2.24) is 17.5 Å². The van der Waals surface area contributed by atoms with Crippen molar-refractivity contribution in [2.75, 3.05) is 0 Å². The molecule has 4 N–H and O–H groups in total. The van der Waals surface area contributed by atoms with Crippen molar-refractivity contribution in [3.63, 3.8) is 0 Å². The first-order valence-electron chi connectivity index (χ1n) is 37.8. The fourth-order valence-corrected chi connectivity index (χ4v) is 17.3. The minimum Gasteiger partial charge on any atom is -0.423 e. The van der Waals surface area contributed by atoms with E-state index in [0.717, 1.165) is 73.5 Å². The fourth-order valence-electron chi connectivity index (χ4n) is 16.1. The van der Waals surface area contributed by atoms with Crippen molar-refractivity contribution in [2.45, 2.75) is 372 Å². The van der Waals surface area contributed by atoms with E-state index in [-0.39, 0.29) is 10.8 Å². The van der Waals surface area contributed by atoms with Crippen LogP contribution >= 0.6 is 23.5 Å². The van der Waals surface area contributed by atoms with Gasteiger partial charge in [-0.05, 0) is 71.2 Å².